The third kappa shape index (κ3) is 5.77. The highest BCUT2D eigenvalue weighted by atomic mass is 15.2. The Morgan fingerprint density at radius 3 is 2.67 bits per heavy atom. The quantitative estimate of drug-likeness (QED) is 0.752. The minimum atomic E-state index is 0.691. The van der Waals surface area contributed by atoms with Crippen LogP contribution in [0.1, 0.15) is 25.8 Å². The van der Waals surface area contributed by atoms with Crippen LogP contribution in [-0.2, 0) is 6.42 Å². The fourth-order valence-corrected chi connectivity index (χ4v) is 3.10. The van der Waals surface area contributed by atoms with Gasteiger partial charge in [0.15, 0.2) is 0 Å². The van der Waals surface area contributed by atoms with E-state index in [0.29, 0.717) is 6.04 Å². The average molecular weight is 289 g/mol. The Morgan fingerprint density at radius 2 is 1.95 bits per heavy atom. The summed E-state index contributed by atoms with van der Waals surface area (Å²) in [5, 5.41) is 3.73. The zero-order chi connectivity index (χ0) is 14.9. The molecule has 0 aliphatic carbocycles. The molecule has 1 unspecified atom stereocenters. The predicted molar refractivity (Wildman–Crippen MR) is 90.8 cm³/mol. The van der Waals surface area contributed by atoms with Crippen LogP contribution in [0, 0.1) is 0 Å². The molecule has 0 spiro atoms. The minimum Gasteiger partial charge on any atom is -0.311 e. The van der Waals surface area contributed by atoms with E-state index in [9.17, 15) is 0 Å². The highest BCUT2D eigenvalue weighted by molar-refractivity contribution is 5.14. The molecule has 3 heteroatoms. The van der Waals surface area contributed by atoms with Crippen LogP contribution in [-0.4, -0.2) is 61.7 Å². The lowest BCUT2D eigenvalue weighted by Crippen LogP contribution is -2.38. The Kier molecular flexibility index (Phi) is 7.20. The zero-order valence-electron chi connectivity index (χ0n) is 13.7. The molecule has 1 aliphatic heterocycles. The summed E-state index contributed by atoms with van der Waals surface area (Å²) in [6.45, 7) is 12.7. The second kappa shape index (κ2) is 9.19. The van der Waals surface area contributed by atoms with E-state index in [1.165, 1.54) is 44.6 Å². The van der Waals surface area contributed by atoms with Crippen LogP contribution in [0.2, 0.25) is 0 Å². The lowest BCUT2D eigenvalue weighted by atomic mass is 10.1. The van der Waals surface area contributed by atoms with Crippen LogP contribution in [0.3, 0.4) is 0 Å². The molecule has 0 aromatic heterocycles. The maximum atomic E-state index is 3.73. The molecular formula is C18H31N3. The van der Waals surface area contributed by atoms with Gasteiger partial charge in [-0.3, -0.25) is 0 Å². The summed E-state index contributed by atoms with van der Waals surface area (Å²) < 4.78 is 0. The summed E-state index contributed by atoms with van der Waals surface area (Å²) in [7, 11) is 0. The van der Waals surface area contributed by atoms with Gasteiger partial charge in [0, 0.05) is 32.2 Å². The van der Waals surface area contributed by atoms with Crippen LogP contribution in [0.15, 0.2) is 30.3 Å². The van der Waals surface area contributed by atoms with Crippen molar-refractivity contribution in [1.29, 1.82) is 0 Å². The number of nitrogens with one attached hydrogen (secondary N) is 1. The first-order valence-electron chi connectivity index (χ1n) is 8.53. The number of likely N-dealkylation sites (tertiary alicyclic amines) is 1. The first-order valence-corrected chi connectivity index (χ1v) is 8.53. The molecule has 1 fully saturated rings. The van der Waals surface area contributed by atoms with Gasteiger partial charge in [0.2, 0.25) is 0 Å². The van der Waals surface area contributed by atoms with Crippen molar-refractivity contribution in [2.45, 2.75) is 32.7 Å². The lowest BCUT2D eigenvalue weighted by molar-refractivity contribution is 0.291. The second-order valence-electron chi connectivity index (χ2n) is 6.00. The van der Waals surface area contributed by atoms with Crippen molar-refractivity contribution in [3.63, 3.8) is 0 Å². The van der Waals surface area contributed by atoms with E-state index < -0.39 is 0 Å². The SMILES string of the molecule is CCN(CC)CCNC1CCN(CCc2ccccc2)C1. The van der Waals surface area contributed by atoms with Crippen LogP contribution < -0.4 is 5.32 Å². The van der Waals surface area contributed by atoms with Gasteiger partial charge in [0.1, 0.15) is 0 Å². The molecule has 3 nitrogen and oxygen atoms in total. The summed E-state index contributed by atoms with van der Waals surface area (Å²) in [6.07, 6.45) is 2.47. The Balaban J connectivity index is 1.60. The molecule has 1 aliphatic rings. The highest BCUT2D eigenvalue weighted by Gasteiger charge is 2.21. The van der Waals surface area contributed by atoms with Crippen molar-refractivity contribution < 1.29 is 0 Å². The normalized spacial score (nSPS) is 19.5. The smallest absolute Gasteiger partial charge is 0.0207 e. The van der Waals surface area contributed by atoms with Gasteiger partial charge in [-0.15, -0.1) is 0 Å². The molecule has 1 aromatic carbocycles. The summed E-state index contributed by atoms with van der Waals surface area (Å²) in [4.78, 5) is 5.08. The van der Waals surface area contributed by atoms with E-state index in [1.807, 2.05) is 0 Å². The highest BCUT2D eigenvalue weighted by Crippen LogP contribution is 2.10. The Labute approximate surface area is 130 Å². The fourth-order valence-electron chi connectivity index (χ4n) is 3.10. The first kappa shape index (κ1) is 16.5. The molecule has 1 saturated heterocycles. The molecule has 21 heavy (non-hydrogen) atoms. The van der Waals surface area contributed by atoms with Gasteiger partial charge in [-0.05, 0) is 38.0 Å². The Morgan fingerprint density at radius 1 is 1.19 bits per heavy atom. The van der Waals surface area contributed by atoms with Crippen molar-refractivity contribution in [3.05, 3.63) is 35.9 Å². The lowest BCUT2D eigenvalue weighted by Gasteiger charge is -2.20. The number of rotatable bonds is 9. The van der Waals surface area contributed by atoms with Gasteiger partial charge < -0.3 is 15.1 Å². The Bertz CT molecular complexity index is 375. The van der Waals surface area contributed by atoms with Crippen molar-refractivity contribution in [1.82, 2.24) is 15.1 Å². The third-order valence-electron chi connectivity index (χ3n) is 4.59. The standard InChI is InChI=1S/C18H31N3/c1-3-20(4-2)15-12-19-18-11-14-21(16-18)13-10-17-8-6-5-7-9-17/h5-9,18-19H,3-4,10-16H2,1-2H3. The number of hydrogen-bond acceptors (Lipinski definition) is 3. The molecule has 0 amide bonds. The maximum absolute atomic E-state index is 3.73. The van der Waals surface area contributed by atoms with Gasteiger partial charge in [-0.1, -0.05) is 44.2 Å². The summed E-state index contributed by atoms with van der Waals surface area (Å²) in [5.74, 6) is 0. The second-order valence-corrected chi connectivity index (χ2v) is 6.00. The van der Waals surface area contributed by atoms with Gasteiger partial charge in [-0.2, -0.15) is 0 Å². The molecule has 0 radical (unpaired) electrons. The molecular weight excluding hydrogens is 258 g/mol. The zero-order valence-corrected chi connectivity index (χ0v) is 13.7. The summed E-state index contributed by atoms with van der Waals surface area (Å²) >= 11 is 0. The van der Waals surface area contributed by atoms with E-state index in [0.717, 1.165) is 19.6 Å². The summed E-state index contributed by atoms with van der Waals surface area (Å²) in [6, 6.07) is 11.5. The van der Waals surface area contributed by atoms with Crippen LogP contribution in [0.25, 0.3) is 0 Å². The number of hydrogen-bond donors (Lipinski definition) is 1. The van der Waals surface area contributed by atoms with E-state index in [4.69, 9.17) is 0 Å². The van der Waals surface area contributed by atoms with E-state index in [2.05, 4.69) is 59.3 Å². The molecule has 0 saturated carbocycles. The van der Waals surface area contributed by atoms with Crippen LogP contribution >= 0.6 is 0 Å². The topological polar surface area (TPSA) is 18.5 Å². The largest absolute Gasteiger partial charge is 0.311 e. The fraction of sp³-hybridized carbons (Fsp3) is 0.667. The predicted octanol–water partition coefficient (Wildman–Crippen LogP) is 2.23. The molecule has 1 aromatic rings. The van der Waals surface area contributed by atoms with Crippen molar-refractivity contribution in [2.24, 2.45) is 0 Å². The molecule has 1 atom stereocenters. The molecule has 118 valence electrons. The molecule has 1 N–H and O–H groups in total. The molecule has 0 bridgehead atoms. The number of likely N-dealkylation sites (N-methyl/N-ethyl adjacent to an activating group) is 1. The monoisotopic (exact) mass is 289 g/mol. The molecule has 1 heterocycles. The third-order valence-corrected chi connectivity index (χ3v) is 4.59. The van der Waals surface area contributed by atoms with E-state index in [-0.39, 0.29) is 0 Å². The van der Waals surface area contributed by atoms with Gasteiger partial charge in [-0.25, -0.2) is 0 Å². The number of nitrogens with zero attached hydrogens (tertiary/aromatic N) is 2. The van der Waals surface area contributed by atoms with Gasteiger partial charge in [0.25, 0.3) is 0 Å². The first-order chi connectivity index (χ1) is 10.3. The molecule has 2 rings (SSSR count). The van der Waals surface area contributed by atoms with Crippen molar-refractivity contribution >= 4 is 0 Å². The number of benzene rings is 1. The van der Waals surface area contributed by atoms with E-state index in [1.54, 1.807) is 0 Å². The van der Waals surface area contributed by atoms with Gasteiger partial charge in [0.05, 0.1) is 0 Å². The van der Waals surface area contributed by atoms with Crippen LogP contribution in [0.5, 0.6) is 0 Å². The Hall–Kier alpha value is -0.900. The average Bonchev–Trinajstić information content (AvgIpc) is 2.98. The maximum Gasteiger partial charge on any atom is 0.0207 e. The summed E-state index contributed by atoms with van der Waals surface area (Å²) in [5.41, 5.74) is 1.45. The minimum absolute atomic E-state index is 0.691. The van der Waals surface area contributed by atoms with Crippen LogP contribution in [0.4, 0.5) is 0 Å². The van der Waals surface area contributed by atoms with E-state index >= 15 is 0 Å². The van der Waals surface area contributed by atoms with Crippen molar-refractivity contribution in [2.75, 3.05) is 45.8 Å². The van der Waals surface area contributed by atoms with Gasteiger partial charge >= 0.3 is 0 Å². The van der Waals surface area contributed by atoms with Crippen molar-refractivity contribution in [3.8, 4) is 0 Å².